The van der Waals surface area contributed by atoms with Crippen molar-refractivity contribution >= 4 is 0 Å². The van der Waals surface area contributed by atoms with Crippen molar-refractivity contribution in [3.05, 3.63) is 59.2 Å². The minimum absolute atomic E-state index is 0.238. The molecule has 0 heterocycles. The molecule has 0 fully saturated rings. The second-order valence-electron chi connectivity index (χ2n) is 4.18. The van der Waals surface area contributed by atoms with Gasteiger partial charge in [-0.3, -0.25) is 0 Å². The van der Waals surface area contributed by atoms with Gasteiger partial charge in [0.2, 0.25) is 0 Å². The highest BCUT2D eigenvalue weighted by molar-refractivity contribution is 5.73. The standard InChI is InChI=1S/C15H10F3N/c1-10-4-2-3-5-13(10)14-8-12(15(16,17)18)7-6-11(14)9-19/h2-8H,1H3. The molecule has 2 rings (SSSR count). The van der Waals surface area contributed by atoms with Crippen LogP contribution in [0, 0.1) is 18.3 Å². The Labute approximate surface area is 108 Å². The molecule has 96 valence electrons. The van der Waals surface area contributed by atoms with E-state index in [1.54, 1.807) is 31.2 Å². The van der Waals surface area contributed by atoms with Crippen molar-refractivity contribution < 1.29 is 13.2 Å². The minimum atomic E-state index is -4.41. The van der Waals surface area contributed by atoms with E-state index in [0.29, 0.717) is 11.1 Å². The average Bonchev–Trinajstić information content (AvgIpc) is 2.37. The van der Waals surface area contributed by atoms with E-state index in [9.17, 15) is 13.2 Å². The molecular weight excluding hydrogens is 251 g/mol. The molecule has 2 aromatic rings. The number of nitriles is 1. The van der Waals surface area contributed by atoms with Gasteiger partial charge in [0.05, 0.1) is 17.2 Å². The Balaban J connectivity index is 2.68. The van der Waals surface area contributed by atoms with E-state index in [2.05, 4.69) is 0 Å². The number of nitrogens with zero attached hydrogens (tertiary/aromatic N) is 1. The molecule has 0 bridgehead atoms. The largest absolute Gasteiger partial charge is 0.416 e. The van der Waals surface area contributed by atoms with Crippen LogP contribution in [0.3, 0.4) is 0 Å². The van der Waals surface area contributed by atoms with E-state index >= 15 is 0 Å². The molecule has 0 aromatic heterocycles. The highest BCUT2D eigenvalue weighted by atomic mass is 19.4. The molecule has 0 aliphatic heterocycles. The van der Waals surface area contributed by atoms with Crippen molar-refractivity contribution in [1.29, 1.82) is 5.26 Å². The molecule has 1 nitrogen and oxygen atoms in total. The zero-order valence-electron chi connectivity index (χ0n) is 10.1. The van der Waals surface area contributed by atoms with Crippen molar-refractivity contribution in [2.45, 2.75) is 13.1 Å². The van der Waals surface area contributed by atoms with Gasteiger partial charge in [0.1, 0.15) is 0 Å². The third kappa shape index (κ3) is 2.60. The maximum Gasteiger partial charge on any atom is 0.416 e. The summed E-state index contributed by atoms with van der Waals surface area (Å²) < 4.78 is 38.2. The van der Waals surface area contributed by atoms with E-state index in [1.165, 1.54) is 6.07 Å². The first-order valence-corrected chi connectivity index (χ1v) is 5.61. The molecule has 0 aliphatic carbocycles. The van der Waals surface area contributed by atoms with Gasteiger partial charge < -0.3 is 0 Å². The van der Waals surface area contributed by atoms with Crippen LogP contribution in [0.5, 0.6) is 0 Å². The predicted molar refractivity (Wildman–Crippen MR) is 66.3 cm³/mol. The molecule has 0 spiro atoms. The third-order valence-electron chi connectivity index (χ3n) is 2.90. The molecule has 0 amide bonds. The maximum absolute atomic E-state index is 12.7. The second kappa shape index (κ2) is 4.77. The fourth-order valence-electron chi connectivity index (χ4n) is 1.92. The van der Waals surface area contributed by atoms with Crippen LogP contribution in [-0.4, -0.2) is 0 Å². The monoisotopic (exact) mass is 261 g/mol. The Morgan fingerprint density at radius 2 is 1.68 bits per heavy atom. The van der Waals surface area contributed by atoms with Crippen LogP contribution >= 0.6 is 0 Å². The van der Waals surface area contributed by atoms with E-state index in [0.717, 1.165) is 17.7 Å². The molecule has 4 heteroatoms. The molecule has 0 aliphatic rings. The summed E-state index contributed by atoms with van der Waals surface area (Å²) >= 11 is 0. The first-order chi connectivity index (χ1) is 8.93. The van der Waals surface area contributed by atoms with Gasteiger partial charge in [0.15, 0.2) is 0 Å². The Morgan fingerprint density at radius 3 is 2.26 bits per heavy atom. The van der Waals surface area contributed by atoms with Gasteiger partial charge in [0, 0.05) is 5.56 Å². The normalized spacial score (nSPS) is 11.1. The second-order valence-corrected chi connectivity index (χ2v) is 4.18. The highest BCUT2D eigenvalue weighted by Gasteiger charge is 2.31. The molecular formula is C15H10F3N. The Kier molecular flexibility index (Phi) is 3.30. The number of halogens is 3. The lowest BCUT2D eigenvalue weighted by molar-refractivity contribution is -0.137. The van der Waals surface area contributed by atoms with Crippen LogP contribution < -0.4 is 0 Å². The Bertz CT molecular complexity index is 651. The fraction of sp³-hybridized carbons (Fsp3) is 0.133. The third-order valence-corrected chi connectivity index (χ3v) is 2.90. The SMILES string of the molecule is Cc1ccccc1-c1cc(C(F)(F)F)ccc1C#N. The summed E-state index contributed by atoms with van der Waals surface area (Å²) in [5.41, 5.74) is 1.28. The zero-order chi connectivity index (χ0) is 14.0. The summed E-state index contributed by atoms with van der Waals surface area (Å²) in [5.74, 6) is 0. The lowest BCUT2D eigenvalue weighted by Crippen LogP contribution is -2.05. The maximum atomic E-state index is 12.7. The van der Waals surface area contributed by atoms with Crippen molar-refractivity contribution in [3.63, 3.8) is 0 Å². The average molecular weight is 261 g/mol. The van der Waals surface area contributed by atoms with Gasteiger partial charge in [-0.05, 0) is 36.2 Å². The molecule has 0 saturated carbocycles. The van der Waals surface area contributed by atoms with Crippen molar-refractivity contribution in [2.75, 3.05) is 0 Å². The van der Waals surface area contributed by atoms with Crippen molar-refractivity contribution in [3.8, 4) is 17.2 Å². The number of benzene rings is 2. The number of rotatable bonds is 1. The quantitative estimate of drug-likeness (QED) is 0.738. The molecule has 19 heavy (non-hydrogen) atoms. The van der Waals surface area contributed by atoms with Gasteiger partial charge in [0.25, 0.3) is 0 Å². The number of alkyl halides is 3. The van der Waals surface area contributed by atoms with Gasteiger partial charge in [-0.1, -0.05) is 24.3 Å². The van der Waals surface area contributed by atoms with Crippen LogP contribution in [-0.2, 0) is 6.18 Å². The molecule has 0 unspecified atom stereocenters. The molecule has 2 aromatic carbocycles. The summed E-state index contributed by atoms with van der Waals surface area (Å²) in [7, 11) is 0. The summed E-state index contributed by atoms with van der Waals surface area (Å²) in [5, 5.41) is 9.03. The van der Waals surface area contributed by atoms with E-state index in [-0.39, 0.29) is 5.56 Å². The number of hydrogen-bond donors (Lipinski definition) is 0. The van der Waals surface area contributed by atoms with Gasteiger partial charge in [-0.25, -0.2) is 0 Å². The Hall–Kier alpha value is -2.28. The molecule has 0 saturated heterocycles. The van der Waals surface area contributed by atoms with Crippen molar-refractivity contribution in [2.24, 2.45) is 0 Å². The van der Waals surface area contributed by atoms with Crippen molar-refractivity contribution in [1.82, 2.24) is 0 Å². The van der Waals surface area contributed by atoms with E-state index < -0.39 is 11.7 Å². The molecule has 0 atom stereocenters. The summed E-state index contributed by atoms with van der Waals surface area (Å²) in [4.78, 5) is 0. The van der Waals surface area contributed by atoms with Gasteiger partial charge in [-0.2, -0.15) is 18.4 Å². The summed E-state index contributed by atoms with van der Waals surface area (Å²) in [6.07, 6.45) is -4.41. The van der Waals surface area contributed by atoms with E-state index in [4.69, 9.17) is 5.26 Å². The lowest BCUT2D eigenvalue weighted by atomic mass is 9.94. The topological polar surface area (TPSA) is 23.8 Å². The fourth-order valence-corrected chi connectivity index (χ4v) is 1.92. The van der Waals surface area contributed by atoms with Gasteiger partial charge in [-0.15, -0.1) is 0 Å². The summed E-state index contributed by atoms with van der Waals surface area (Å²) in [6.45, 7) is 1.80. The predicted octanol–water partition coefficient (Wildman–Crippen LogP) is 4.55. The van der Waals surface area contributed by atoms with Crippen LogP contribution in [0.4, 0.5) is 13.2 Å². The first-order valence-electron chi connectivity index (χ1n) is 5.61. The van der Waals surface area contributed by atoms with Crippen LogP contribution in [0.15, 0.2) is 42.5 Å². The van der Waals surface area contributed by atoms with Gasteiger partial charge >= 0.3 is 6.18 Å². The smallest absolute Gasteiger partial charge is 0.192 e. The van der Waals surface area contributed by atoms with Crippen LogP contribution in [0.2, 0.25) is 0 Å². The zero-order valence-corrected chi connectivity index (χ0v) is 10.1. The first kappa shape index (κ1) is 13.2. The van der Waals surface area contributed by atoms with Crippen LogP contribution in [0.1, 0.15) is 16.7 Å². The number of aryl methyl sites for hydroxylation is 1. The summed E-state index contributed by atoms with van der Waals surface area (Å²) in [6, 6.07) is 12.2. The highest BCUT2D eigenvalue weighted by Crippen LogP contribution is 2.34. The molecule has 0 N–H and O–H groups in total. The van der Waals surface area contributed by atoms with Crippen LogP contribution in [0.25, 0.3) is 11.1 Å². The number of hydrogen-bond acceptors (Lipinski definition) is 1. The van der Waals surface area contributed by atoms with E-state index in [1.807, 2.05) is 6.07 Å². The Morgan fingerprint density at radius 1 is 1.00 bits per heavy atom. The lowest BCUT2D eigenvalue weighted by Gasteiger charge is -2.12. The molecule has 0 radical (unpaired) electrons. The minimum Gasteiger partial charge on any atom is -0.192 e.